The standard InChI is InChI=1S/C24H32O6/c1-7-29-21(25)24(22(26)30-8-2)13-15(3)18-10-9-16-11-17(27-5)12-19(28-6)20(16)23(18,4)14-24/h11-12,18H,3,7-10,13-14H2,1-2,4-6H3/t18-,23-/m1/s1. The van der Waals surface area contributed by atoms with Crippen LogP contribution in [-0.4, -0.2) is 39.4 Å². The maximum Gasteiger partial charge on any atom is 0.323 e. The van der Waals surface area contributed by atoms with Gasteiger partial charge in [0.15, 0.2) is 5.41 Å². The van der Waals surface area contributed by atoms with Crippen molar-refractivity contribution in [2.24, 2.45) is 11.3 Å². The van der Waals surface area contributed by atoms with Gasteiger partial charge in [0, 0.05) is 17.0 Å². The van der Waals surface area contributed by atoms with Crippen LogP contribution in [0.2, 0.25) is 0 Å². The van der Waals surface area contributed by atoms with Crippen molar-refractivity contribution >= 4 is 11.9 Å². The summed E-state index contributed by atoms with van der Waals surface area (Å²) in [6, 6.07) is 3.88. The van der Waals surface area contributed by atoms with Gasteiger partial charge >= 0.3 is 11.9 Å². The Kier molecular flexibility index (Phi) is 6.16. The van der Waals surface area contributed by atoms with Crippen LogP contribution in [0.5, 0.6) is 11.5 Å². The van der Waals surface area contributed by atoms with E-state index in [1.807, 2.05) is 12.1 Å². The van der Waals surface area contributed by atoms with Crippen molar-refractivity contribution in [1.82, 2.24) is 0 Å². The lowest BCUT2D eigenvalue weighted by molar-refractivity contribution is -0.176. The first-order chi connectivity index (χ1) is 14.3. The molecule has 2 atom stereocenters. The van der Waals surface area contributed by atoms with Crippen molar-refractivity contribution < 1.29 is 28.5 Å². The number of hydrogen-bond donors (Lipinski definition) is 0. The SMILES string of the molecule is C=C1CC(C(=O)OCC)(C(=O)OCC)C[C@@]2(C)c3c(cc(OC)cc3OC)CC[C@H]12. The molecule has 2 aliphatic rings. The zero-order chi connectivity index (χ0) is 22.1. The minimum absolute atomic E-state index is 0.129. The lowest BCUT2D eigenvalue weighted by Crippen LogP contribution is -2.54. The Morgan fingerprint density at radius 3 is 2.27 bits per heavy atom. The predicted molar refractivity (Wildman–Crippen MR) is 113 cm³/mol. The number of benzene rings is 1. The van der Waals surface area contributed by atoms with Crippen LogP contribution in [0.1, 0.15) is 51.2 Å². The van der Waals surface area contributed by atoms with E-state index < -0.39 is 22.8 Å². The molecule has 0 aliphatic heterocycles. The van der Waals surface area contributed by atoms with Crippen LogP contribution in [-0.2, 0) is 30.9 Å². The molecule has 1 aromatic carbocycles. The summed E-state index contributed by atoms with van der Waals surface area (Å²) in [7, 11) is 3.26. The molecule has 0 unspecified atom stereocenters. The van der Waals surface area contributed by atoms with Gasteiger partial charge in [-0.25, -0.2) is 0 Å². The van der Waals surface area contributed by atoms with Gasteiger partial charge in [0.25, 0.3) is 0 Å². The molecule has 0 aromatic heterocycles. The van der Waals surface area contributed by atoms with Gasteiger partial charge in [0.05, 0.1) is 27.4 Å². The van der Waals surface area contributed by atoms with E-state index in [4.69, 9.17) is 18.9 Å². The summed E-state index contributed by atoms with van der Waals surface area (Å²) < 4.78 is 21.9. The highest BCUT2D eigenvalue weighted by Crippen LogP contribution is 2.60. The Morgan fingerprint density at radius 2 is 1.73 bits per heavy atom. The van der Waals surface area contributed by atoms with E-state index >= 15 is 0 Å². The Balaban J connectivity index is 2.20. The number of hydrogen-bond acceptors (Lipinski definition) is 6. The van der Waals surface area contributed by atoms with Crippen LogP contribution in [0, 0.1) is 11.3 Å². The van der Waals surface area contributed by atoms with E-state index in [0.717, 1.165) is 35.3 Å². The van der Waals surface area contributed by atoms with E-state index in [-0.39, 0.29) is 32.0 Å². The van der Waals surface area contributed by atoms with Crippen molar-refractivity contribution in [3.05, 3.63) is 35.4 Å². The summed E-state index contributed by atoms with van der Waals surface area (Å²) >= 11 is 0. The fraction of sp³-hybridized carbons (Fsp3) is 0.583. The largest absolute Gasteiger partial charge is 0.497 e. The summed E-state index contributed by atoms with van der Waals surface area (Å²) in [5.41, 5.74) is 1.07. The average Bonchev–Trinajstić information content (AvgIpc) is 2.72. The van der Waals surface area contributed by atoms with E-state index in [2.05, 4.69) is 13.5 Å². The van der Waals surface area contributed by atoms with Crippen LogP contribution in [0.3, 0.4) is 0 Å². The van der Waals surface area contributed by atoms with Crippen molar-refractivity contribution in [2.75, 3.05) is 27.4 Å². The molecule has 6 heteroatoms. The fourth-order valence-corrected chi connectivity index (χ4v) is 5.54. The fourth-order valence-electron chi connectivity index (χ4n) is 5.54. The van der Waals surface area contributed by atoms with Gasteiger partial charge in [-0.05, 0) is 57.1 Å². The molecule has 3 rings (SSSR count). The van der Waals surface area contributed by atoms with Gasteiger partial charge in [0.2, 0.25) is 0 Å². The highest BCUT2D eigenvalue weighted by molar-refractivity contribution is 6.01. The van der Waals surface area contributed by atoms with Crippen molar-refractivity contribution in [2.45, 2.75) is 51.9 Å². The second-order valence-corrected chi connectivity index (χ2v) is 8.41. The van der Waals surface area contributed by atoms with Gasteiger partial charge in [-0.3, -0.25) is 9.59 Å². The monoisotopic (exact) mass is 416 g/mol. The number of allylic oxidation sites excluding steroid dienone is 1. The summed E-state index contributed by atoms with van der Waals surface area (Å²) in [6.45, 7) is 10.3. The number of carbonyl (C=O) groups is 2. The molecule has 164 valence electrons. The molecule has 0 radical (unpaired) electrons. The molecular formula is C24H32O6. The molecule has 30 heavy (non-hydrogen) atoms. The molecule has 0 N–H and O–H groups in total. The third kappa shape index (κ3) is 3.36. The first-order valence-electron chi connectivity index (χ1n) is 10.5. The second kappa shape index (κ2) is 8.32. The lowest BCUT2D eigenvalue weighted by atomic mass is 9.50. The van der Waals surface area contributed by atoms with Gasteiger partial charge in [-0.2, -0.15) is 0 Å². The van der Waals surface area contributed by atoms with Crippen LogP contribution in [0.15, 0.2) is 24.3 Å². The minimum atomic E-state index is -1.41. The lowest BCUT2D eigenvalue weighted by Gasteiger charge is -2.52. The molecule has 1 saturated carbocycles. The zero-order valence-corrected chi connectivity index (χ0v) is 18.6. The van der Waals surface area contributed by atoms with Gasteiger partial charge in [-0.1, -0.05) is 19.1 Å². The molecule has 1 fully saturated rings. The minimum Gasteiger partial charge on any atom is -0.497 e. The van der Waals surface area contributed by atoms with Crippen LogP contribution in [0.4, 0.5) is 0 Å². The van der Waals surface area contributed by atoms with Crippen LogP contribution in [0.25, 0.3) is 0 Å². The molecule has 2 aliphatic carbocycles. The maximum absolute atomic E-state index is 13.2. The normalized spacial score (nSPS) is 24.3. The van der Waals surface area contributed by atoms with E-state index in [9.17, 15) is 9.59 Å². The molecule has 0 heterocycles. The van der Waals surface area contributed by atoms with E-state index in [1.165, 1.54) is 0 Å². The number of esters is 2. The number of aryl methyl sites for hydroxylation is 1. The van der Waals surface area contributed by atoms with Gasteiger partial charge < -0.3 is 18.9 Å². The van der Waals surface area contributed by atoms with Crippen molar-refractivity contribution in [3.63, 3.8) is 0 Å². The number of rotatable bonds is 6. The number of carbonyl (C=O) groups excluding carboxylic acids is 2. The Labute approximate surface area is 178 Å². The molecule has 1 aromatic rings. The Hall–Kier alpha value is -2.50. The van der Waals surface area contributed by atoms with Crippen LogP contribution < -0.4 is 9.47 Å². The summed E-state index contributed by atoms with van der Waals surface area (Å²) in [4.78, 5) is 26.3. The van der Waals surface area contributed by atoms with E-state index in [1.54, 1.807) is 28.1 Å². The topological polar surface area (TPSA) is 71.1 Å². The van der Waals surface area contributed by atoms with Crippen molar-refractivity contribution in [3.8, 4) is 11.5 Å². The summed E-state index contributed by atoms with van der Waals surface area (Å²) in [5, 5.41) is 0. The summed E-state index contributed by atoms with van der Waals surface area (Å²) in [6.07, 6.45) is 2.28. The third-order valence-electron chi connectivity index (χ3n) is 6.68. The smallest absolute Gasteiger partial charge is 0.323 e. The zero-order valence-electron chi connectivity index (χ0n) is 18.6. The second-order valence-electron chi connectivity index (χ2n) is 8.41. The Morgan fingerprint density at radius 1 is 1.10 bits per heavy atom. The highest BCUT2D eigenvalue weighted by Gasteiger charge is 2.61. The first-order valence-corrected chi connectivity index (χ1v) is 10.5. The molecule has 0 spiro atoms. The van der Waals surface area contributed by atoms with E-state index in [0.29, 0.717) is 5.75 Å². The van der Waals surface area contributed by atoms with Crippen molar-refractivity contribution in [1.29, 1.82) is 0 Å². The summed E-state index contributed by atoms with van der Waals surface area (Å²) in [5.74, 6) is 0.481. The number of fused-ring (bicyclic) bond motifs is 3. The number of methoxy groups -OCH3 is 2. The third-order valence-corrected chi connectivity index (χ3v) is 6.68. The molecule has 6 nitrogen and oxygen atoms in total. The molecule has 0 amide bonds. The molecule has 0 saturated heterocycles. The predicted octanol–water partition coefficient (Wildman–Crippen LogP) is 3.99. The molecule has 0 bridgehead atoms. The first kappa shape index (κ1) is 22.2. The highest BCUT2D eigenvalue weighted by atomic mass is 16.6. The number of ether oxygens (including phenoxy) is 4. The quantitative estimate of drug-likeness (QED) is 0.397. The Bertz CT molecular complexity index is 822. The maximum atomic E-state index is 13.2. The molecular weight excluding hydrogens is 384 g/mol. The van der Waals surface area contributed by atoms with Gasteiger partial charge in [0.1, 0.15) is 11.5 Å². The van der Waals surface area contributed by atoms with Gasteiger partial charge in [-0.15, -0.1) is 0 Å². The van der Waals surface area contributed by atoms with Crippen LogP contribution >= 0.6 is 0 Å². The average molecular weight is 417 g/mol.